The van der Waals surface area contributed by atoms with Crippen LogP contribution in [0.4, 0.5) is 5.69 Å². The Morgan fingerprint density at radius 3 is 2.89 bits per heavy atom. The molecule has 1 aliphatic rings. The van der Waals surface area contributed by atoms with Crippen LogP contribution in [0.25, 0.3) is 0 Å². The van der Waals surface area contributed by atoms with Gasteiger partial charge in [0.25, 0.3) is 5.69 Å². The number of likely N-dealkylation sites (tertiary alicyclic amines) is 1. The molecule has 0 spiro atoms. The van der Waals surface area contributed by atoms with Gasteiger partial charge in [0.2, 0.25) is 0 Å². The van der Waals surface area contributed by atoms with Crippen molar-refractivity contribution in [1.29, 1.82) is 0 Å². The van der Waals surface area contributed by atoms with E-state index in [1.807, 2.05) is 13.0 Å². The number of hydrogen-bond acceptors (Lipinski definition) is 4. The number of nitro benzene ring substituents is 1. The maximum Gasteiger partial charge on any atom is 0.272 e. The molecule has 0 aliphatic carbocycles. The molecule has 0 bridgehead atoms. The topological polar surface area (TPSA) is 72.4 Å². The van der Waals surface area contributed by atoms with Gasteiger partial charge in [-0.1, -0.05) is 12.1 Å². The number of nitrogens with zero attached hydrogens (tertiary/aromatic N) is 2. The number of nitrogens with two attached hydrogens (primary N) is 1. The lowest BCUT2D eigenvalue weighted by atomic mass is 9.97. The van der Waals surface area contributed by atoms with Gasteiger partial charge in [-0.25, -0.2) is 0 Å². The van der Waals surface area contributed by atoms with Gasteiger partial charge in [0.1, 0.15) is 0 Å². The SMILES string of the molecule is Cc1c(CN2CCC(N)CC2C)cccc1[N+](=O)[O-]. The van der Waals surface area contributed by atoms with E-state index in [4.69, 9.17) is 5.73 Å². The average molecular weight is 263 g/mol. The van der Waals surface area contributed by atoms with Crippen molar-refractivity contribution in [2.45, 2.75) is 45.3 Å². The van der Waals surface area contributed by atoms with Crippen molar-refractivity contribution in [1.82, 2.24) is 4.90 Å². The fourth-order valence-electron chi connectivity index (χ4n) is 2.75. The minimum atomic E-state index is -0.311. The number of piperidine rings is 1. The van der Waals surface area contributed by atoms with Crippen molar-refractivity contribution in [2.75, 3.05) is 6.54 Å². The van der Waals surface area contributed by atoms with Crippen LogP contribution in [0.2, 0.25) is 0 Å². The minimum Gasteiger partial charge on any atom is -0.328 e. The number of rotatable bonds is 3. The lowest BCUT2D eigenvalue weighted by Crippen LogP contribution is -2.45. The van der Waals surface area contributed by atoms with Crippen molar-refractivity contribution in [3.05, 3.63) is 39.4 Å². The minimum absolute atomic E-state index is 0.207. The Morgan fingerprint density at radius 1 is 1.53 bits per heavy atom. The van der Waals surface area contributed by atoms with E-state index in [2.05, 4.69) is 11.8 Å². The highest BCUT2D eigenvalue weighted by Crippen LogP contribution is 2.25. The lowest BCUT2D eigenvalue weighted by molar-refractivity contribution is -0.385. The van der Waals surface area contributed by atoms with Crippen LogP contribution in [0, 0.1) is 17.0 Å². The molecular formula is C14H21N3O2. The highest BCUT2D eigenvalue weighted by molar-refractivity contribution is 5.44. The average Bonchev–Trinajstić information content (AvgIpc) is 2.34. The van der Waals surface area contributed by atoms with Crippen molar-refractivity contribution >= 4 is 5.69 Å². The Balaban J connectivity index is 2.15. The molecule has 1 aromatic carbocycles. The second-order valence-electron chi connectivity index (χ2n) is 5.42. The predicted octanol–water partition coefficient (Wildman–Crippen LogP) is 2.21. The third-order valence-corrected chi connectivity index (χ3v) is 4.04. The summed E-state index contributed by atoms with van der Waals surface area (Å²) in [4.78, 5) is 13.0. The van der Waals surface area contributed by atoms with Crippen LogP contribution in [-0.4, -0.2) is 28.5 Å². The van der Waals surface area contributed by atoms with Crippen molar-refractivity contribution in [3.63, 3.8) is 0 Å². The summed E-state index contributed by atoms with van der Waals surface area (Å²) in [6.07, 6.45) is 1.99. The molecule has 0 radical (unpaired) electrons. The van der Waals surface area contributed by atoms with E-state index in [-0.39, 0.29) is 16.7 Å². The summed E-state index contributed by atoms with van der Waals surface area (Å²) in [5, 5.41) is 10.9. The predicted molar refractivity (Wildman–Crippen MR) is 74.9 cm³/mol. The fraction of sp³-hybridized carbons (Fsp3) is 0.571. The van der Waals surface area contributed by atoms with E-state index in [1.54, 1.807) is 12.1 Å². The Kier molecular flexibility index (Phi) is 4.17. The normalized spacial score (nSPS) is 24.4. The third-order valence-electron chi connectivity index (χ3n) is 4.04. The number of benzene rings is 1. The fourth-order valence-corrected chi connectivity index (χ4v) is 2.75. The summed E-state index contributed by atoms with van der Waals surface area (Å²) >= 11 is 0. The smallest absolute Gasteiger partial charge is 0.272 e. The summed E-state index contributed by atoms with van der Waals surface area (Å²) < 4.78 is 0. The van der Waals surface area contributed by atoms with E-state index >= 15 is 0 Å². The Morgan fingerprint density at radius 2 is 2.26 bits per heavy atom. The Bertz CT molecular complexity index is 476. The molecule has 0 aromatic heterocycles. The molecule has 2 atom stereocenters. The molecule has 1 heterocycles. The molecular weight excluding hydrogens is 242 g/mol. The van der Waals surface area contributed by atoms with Gasteiger partial charge in [-0.2, -0.15) is 0 Å². The summed E-state index contributed by atoms with van der Waals surface area (Å²) in [6.45, 7) is 5.73. The quantitative estimate of drug-likeness (QED) is 0.670. The largest absolute Gasteiger partial charge is 0.328 e. The highest BCUT2D eigenvalue weighted by Gasteiger charge is 2.24. The Hall–Kier alpha value is -1.46. The van der Waals surface area contributed by atoms with E-state index in [1.165, 1.54) is 0 Å². The summed E-state index contributed by atoms with van der Waals surface area (Å²) in [5.41, 5.74) is 7.98. The molecule has 1 aliphatic heterocycles. The Labute approximate surface area is 113 Å². The van der Waals surface area contributed by atoms with Gasteiger partial charge in [0.05, 0.1) is 4.92 Å². The van der Waals surface area contributed by atoms with Gasteiger partial charge in [0.15, 0.2) is 0 Å². The molecule has 1 saturated heterocycles. The highest BCUT2D eigenvalue weighted by atomic mass is 16.6. The second kappa shape index (κ2) is 5.67. The first-order chi connectivity index (χ1) is 8.99. The summed E-state index contributed by atoms with van der Waals surface area (Å²) in [6, 6.07) is 6.03. The molecule has 5 nitrogen and oxygen atoms in total. The van der Waals surface area contributed by atoms with Crippen LogP contribution in [0.1, 0.15) is 30.9 Å². The summed E-state index contributed by atoms with van der Waals surface area (Å²) in [5.74, 6) is 0. The van der Waals surface area contributed by atoms with Gasteiger partial charge in [0, 0.05) is 36.8 Å². The zero-order valence-corrected chi connectivity index (χ0v) is 11.5. The molecule has 0 saturated carbocycles. The standard InChI is InChI=1S/C14H21N3O2/c1-10-8-13(15)6-7-16(10)9-12-4-3-5-14(11(12)2)17(18)19/h3-5,10,13H,6-9,15H2,1-2H3. The maximum atomic E-state index is 10.9. The van der Waals surface area contributed by atoms with Gasteiger partial charge >= 0.3 is 0 Å². The zero-order chi connectivity index (χ0) is 14.0. The molecule has 2 N–H and O–H groups in total. The van der Waals surface area contributed by atoms with Crippen LogP contribution >= 0.6 is 0 Å². The second-order valence-corrected chi connectivity index (χ2v) is 5.42. The van der Waals surface area contributed by atoms with Crippen molar-refractivity contribution in [3.8, 4) is 0 Å². The third kappa shape index (κ3) is 3.11. The lowest BCUT2D eigenvalue weighted by Gasteiger charge is -2.36. The number of hydrogen-bond donors (Lipinski definition) is 1. The van der Waals surface area contributed by atoms with E-state index in [0.717, 1.165) is 37.1 Å². The zero-order valence-electron chi connectivity index (χ0n) is 11.5. The molecule has 0 amide bonds. The first-order valence-electron chi connectivity index (χ1n) is 6.71. The van der Waals surface area contributed by atoms with Gasteiger partial charge in [-0.05, 0) is 32.3 Å². The first kappa shape index (κ1) is 14.0. The number of nitro groups is 1. The molecule has 2 unspecified atom stereocenters. The molecule has 104 valence electrons. The van der Waals surface area contributed by atoms with Crippen LogP contribution in [0.5, 0.6) is 0 Å². The molecule has 1 fully saturated rings. The van der Waals surface area contributed by atoms with E-state index in [9.17, 15) is 10.1 Å². The maximum absolute atomic E-state index is 10.9. The molecule has 2 rings (SSSR count). The van der Waals surface area contributed by atoms with Gasteiger partial charge in [-0.3, -0.25) is 15.0 Å². The van der Waals surface area contributed by atoms with Crippen LogP contribution in [0.3, 0.4) is 0 Å². The summed E-state index contributed by atoms with van der Waals surface area (Å²) in [7, 11) is 0. The van der Waals surface area contributed by atoms with Crippen molar-refractivity contribution in [2.24, 2.45) is 5.73 Å². The van der Waals surface area contributed by atoms with Crippen LogP contribution in [0.15, 0.2) is 18.2 Å². The first-order valence-corrected chi connectivity index (χ1v) is 6.71. The molecule has 1 aromatic rings. The van der Waals surface area contributed by atoms with Gasteiger partial charge < -0.3 is 5.73 Å². The van der Waals surface area contributed by atoms with Crippen molar-refractivity contribution < 1.29 is 4.92 Å². The van der Waals surface area contributed by atoms with Gasteiger partial charge in [-0.15, -0.1) is 0 Å². The van der Waals surface area contributed by atoms with Crippen LogP contribution in [-0.2, 0) is 6.54 Å². The molecule has 5 heteroatoms. The molecule has 19 heavy (non-hydrogen) atoms. The van der Waals surface area contributed by atoms with E-state index in [0.29, 0.717) is 6.04 Å². The van der Waals surface area contributed by atoms with Crippen LogP contribution < -0.4 is 5.73 Å². The van der Waals surface area contributed by atoms with E-state index < -0.39 is 0 Å². The monoisotopic (exact) mass is 263 g/mol.